The number of aryl methyl sites for hydroxylation is 2. The van der Waals surface area contributed by atoms with Crippen LogP contribution in [-0.2, 0) is 12.0 Å². The molecule has 2 aromatic rings. The normalized spacial score (nSPS) is 20.6. The summed E-state index contributed by atoms with van der Waals surface area (Å²) in [7, 11) is 0. The van der Waals surface area contributed by atoms with Crippen LogP contribution in [0, 0.1) is 6.92 Å². The van der Waals surface area contributed by atoms with Gasteiger partial charge in [-0.05, 0) is 49.9 Å². The Balaban J connectivity index is 1.68. The summed E-state index contributed by atoms with van der Waals surface area (Å²) in [5.41, 5.74) is 1.80. The molecule has 0 amide bonds. The Morgan fingerprint density at radius 3 is 2.85 bits per heavy atom. The van der Waals surface area contributed by atoms with Crippen LogP contribution in [0.2, 0.25) is 0 Å². The van der Waals surface area contributed by atoms with Gasteiger partial charge in [-0.2, -0.15) is 0 Å². The number of nitrogens with one attached hydrogen (secondary N) is 1. The molecule has 3 nitrogen and oxygen atoms in total. The average molecular weight is 271 g/mol. The van der Waals surface area contributed by atoms with Gasteiger partial charge in [0.1, 0.15) is 17.1 Å². The summed E-state index contributed by atoms with van der Waals surface area (Å²) in [6, 6.07) is 12.6. The lowest BCUT2D eigenvalue weighted by Gasteiger charge is -2.24. The Morgan fingerprint density at radius 2 is 2.10 bits per heavy atom. The number of fused-ring (bicyclic) bond motifs is 1. The van der Waals surface area contributed by atoms with Crippen LogP contribution in [0.5, 0.6) is 0 Å². The molecular weight excluding hydrogens is 250 g/mol. The highest BCUT2D eigenvalue weighted by atomic mass is 16.4. The molecule has 1 aliphatic carbocycles. The molecule has 2 atom stereocenters. The minimum absolute atomic E-state index is 0.328. The number of aliphatic hydroxyl groups is 1. The van der Waals surface area contributed by atoms with E-state index in [4.69, 9.17) is 4.42 Å². The van der Waals surface area contributed by atoms with E-state index in [9.17, 15) is 5.11 Å². The first-order chi connectivity index (χ1) is 9.56. The second-order valence-corrected chi connectivity index (χ2v) is 5.86. The molecule has 2 unspecified atom stereocenters. The highest BCUT2D eigenvalue weighted by Crippen LogP contribution is 2.31. The van der Waals surface area contributed by atoms with Crippen LogP contribution in [-0.4, -0.2) is 11.7 Å². The molecule has 1 heterocycles. The summed E-state index contributed by atoms with van der Waals surface area (Å²) in [6.07, 6.45) is 2.20. The lowest BCUT2D eigenvalue weighted by Crippen LogP contribution is -2.36. The Hall–Kier alpha value is -1.58. The zero-order valence-electron chi connectivity index (χ0n) is 12.0. The van der Waals surface area contributed by atoms with Crippen molar-refractivity contribution in [3.63, 3.8) is 0 Å². The fourth-order valence-electron chi connectivity index (χ4n) is 2.90. The molecule has 1 aromatic carbocycles. The van der Waals surface area contributed by atoms with E-state index in [0.717, 1.165) is 18.6 Å². The third kappa shape index (κ3) is 2.51. The van der Waals surface area contributed by atoms with Crippen LogP contribution in [0.15, 0.2) is 40.8 Å². The van der Waals surface area contributed by atoms with Crippen molar-refractivity contribution >= 4 is 0 Å². The van der Waals surface area contributed by atoms with Crippen molar-refractivity contribution in [2.24, 2.45) is 0 Å². The monoisotopic (exact) mass is 271 g/mol. The van der Waals surface area contributed by atoms with Gasteiger partial charge in [-0.1, -0.05) is 24.3 Å². The van der Waals surface area contributed by atoms with E-state index in [0.29, 0.717) is 18.3 Å². The van der Waals surface area contributed by atoms with Crippen molar-refractivity contribution in [3.8, 4) is 0 Å². The third-order valence-corrected chi connectivity index (χ3v) is 4.10. The molecule has 0 aliphatic heterocycles. The average Bonchev–Trinajstić information content (AvgIpc) is 3.03. The lowest BCUT2D eigenvalue weighted by molar-refractivity contribution is 0.0308. The molecule has 0 bridgehead atoms. The fourth-order valence-corrected chi connectivity index (χ4v) is 2.90. The molecule has 20 heavy (non-hydrogen) atoms. The number of hydrogen-bond donors (Lipinski definition) is 2. The highest BCUT2D eigenvalue weighted by molar-refractivity contribution is 5.34. The number of hydrogen-bond acceptors (Lipinski definition) is 3. The van der Waals surface area contributed by atoms with Gasteiger partial charge in [-0.3, -0.25) is 0 Å². The quantitative estimate of drug-likeness (QED) is 0.898. The minimum Gasteiger partial charge on any atom is -0.463 e. The van der Waals surface area contributed by atoms with Gasteiger partial charge in [0.05, 0.1) is 0 Å². The highest BCUT2D eigenvalue weighted by Gasteiger charge is 2.29. The Bertz CT molecular complexity index is 601. The van der Waals surface area contributed by atoms with E-state index in [1.807, 2.05) is 19.1 Å². The number of rotatable bonds is 4. The first-order valence-electron chi connectivity index (χ1n) is 7.17. The predicted molar refractivity (Wildman–Crippen MR) is 78.5 cm³/mol. The molecule has 2 N–H and O–H groups in total. The van der Waals surface area contributed by atoms with Gasteiger partial charge in [0.15, 0.2) is 0 Å². The maximum absolute atomic E-state index is 10.6. The maximum atomic E-state index is 10.6. The first-order valence-corrected chi connectivity index (χ1v) is 7.17. The smallest absolute Gasteiger partial charge is 0.136 e. The molecule has 0 spiro atoms. The van der Waals surface area contributed by atoms with Crippen molar-refractivity contribution in [2.75, 3.05) is 6.54 Å². The summed E-state index contributed by atoms with van der Waals surface area (Å²) in [5, 5.41) is 14.0. The van der Waals surface area contributed by atoms with Crippen LogP contribution in [0.25, 0.3) is 0 Å². The molecule has 0 radical (unpaired) electrons. The molecule has 1 aliphatic rings. The second kappa shape index (κ2) is 5.08. The van der Waals surface area contributed by atoms with E-state index in [2.05, 4.69) is 29.6 Å². The van der Waals surface area contributed by atoms with E-state index < -0.39 is 5.60 Å². The van der Waals surface area contributed by atoms with E-state index in [-0.39, 0.29) is 0 Å². The predicted octanol–water partition coefficient (Wildman–Crippen LogP) is 3.07. The van der Waals surface area contributed by atoms with E-state index in [1.54, 1.807) is 6.92 Å². The molecule has 106 valence electrons. The summed E-state index contributed by atoms with van der Waals surface area (Å²) in [4.78, 5) is 0. The van der Waals surface area contributed by atoms with Gasteiger partial charge in [-0.25, -0.2) is 0 Å². The van der Waals surface area contributed by atoms with Gasteiger partial charge in [0.25, 0.3) is 0 Å². The van der Waals surface area contributed by atoms with Crippen LogP contribution in [0.4, 0.5) is 0 Å². The van der Waals surface area contributed by atoms with Gasteiger partial charge in [-0.15, -0.1) is 0 Å². The molecular formula is C17H21NO2. The van der Waals surface area contributed by atoms with Gasteiger partial charge >= 0.3 is 0 Å². The zero-order chi connectivity index (χ0) is 14.2. The SMILES string of the molecule is Cc1ccc(C(C)(O)CNC2CCc3ccccc32)o1. The molecule has 3 heteroatoms. The van der Waals surface area contributed by atoms with E-state index >= 15 is 0 Å². The Morgan fingerprint density at radius 1 is 1.30 bits per heavy atom. The zero-order valence-corrected chi connectivity index (χ0v) is 12.0. The van der Waals surface area contributed by atoms with Gasteiger partial charge < -0.3 is 14.8 Å². The Kier molecular flexibility index (Phi) is 3.40. The van der Waals surface area contributed by atoms with Crippen molar-refractivity contribution in [1.29, 1.82) is 0 Å². The lowest BCUT2D eigenvalue weighted by atomic mass is 10.0. The summed E-state index contributed by atoms with van der Waals surface area (Å²) in [6.45, 7) is 4.16. The van der Waals surface area contributed by atoms with Crippen LogP contribution < -0.4 is 5.32 Å². The molecule has 0 fully saturated rings. The summed E-state index contributed by atoms with van der Waals surface area (Å²) >= 11 is 0. The van der Waals surface area contributed by atoms with Crippen LogP contribution in [0.3, 0.4) is 0 Å². The first kappa shape index (κ1) is 13.4. The topological polar surface area (TPSA) is 45.4 Å². The van der Waals surface area contributed by atoms with E-state index in [1.165, 1.54) is 11.1 Å². The number of furan rings is 1. The van der Waals surface area contributed by atoms with Crippen molar-refractivity contribution in [1.82, 2.24) is 5.32 Å². The Labute approximate surface area is 119 Å². The van der Waals surface area contributed by atoms with Crippen LogP contribution in [0.1, 0.15) is 42.0 Å². The minimum atomic E-state index is -0.980. The van der Waals surface area contributed by atoms with Gasteiger partial charge in [0, 0.05) is 12.6 Å². The standard InChI is InChI=1S/C17H21NO2/c1-12-7-10-16(20-12)17(2,19)11-18-15-9-8-13-5-3-4-6-14(13)15/h3-7,10,15,18-19H,8-9,11H2,1-2H3. The largest absolute Gasteiger partial charge is 0.463 e. The molecule has 0 saturated carbocycles. The third-order valence-electron chi connectivity index (χ3n) is 4.10. The van der Waals surface area contributed by atoms with Crippen LogP contribution >= 0.6 is 0 Å². The molecule has 0 saturated heterocycles. The van der Waals surface area contributed by atoms with Crippen molar-refractivity contribution < 1.29 is 9.52 Å². The fraction of sp³-hybridized carbons (Fsp3) is 0.412. The van der Waals surface area contributed by atoms with Crippen molar-refractivity contribution in [2.45, 2.75) is 38.3 Å². The van der Waals surface area contributed by atoms with Crippen molar-refractivity contribution in [3.05, 3.63) is 59.0 Å². The summed E-state index contributed by atoms with van der Waals surface area (Å²) < 4.78 is 5.54. The summed E-state index contributed by atoms with van der Waals surface area (Å²) in [5.74, 6) is 1.44. The number of benzene rings is 1. The molecule has 3 rings (SSSR count). The maximum Gasteiger partial charge on any atom is 0.136 e. The second-order valence-electron chi connectivity index (χ2n) is 5.86. The van der Waals surface area contributed by atoms with Gasteiger partial charge in [0.2, 0.25) is 0 Å². The molecule has 1 aromatic heterocycles.